The Morgan fingerprint density at radius 2 is 1.72 bits per heavy atom. The van der Waals surface area contributed by atoms with Gasteiger partial charge < -0.3 is 15.0 Å². The molecule has 0 fully saturated rings. The van der Waals surface area contributed by atoms with Crippen LogP contribution in [0.15, 0.2) is 60.8 Å². The van der Waals surface area contributed by atoms with Gasteiger partial charge in [-0.15, -0.1) is 0 Å². The van der Waals surface area contributed by atoms with E-state index in [-0.39, 0.29) is 12.5 Å². The fourth-order valence-corrected chi connectivity index (χ4v) is 2.76. The first kappa shape index (κ1) is 20.1. The van der Waals surface area contributed by atoms with Gasteiger partial charge in [-0.25, -0.2) is 9.48 Å². The average molecular weight is 392 g/mol. The number of nitrogens with zero attached hydrogens (tertiary/aromatic N) is 3. The zero-order chi connectivity index (χ0) is 20.8. The van der Waals surface area contributed by atoms with E-state index in [2.05, 4.69) is 10.4 Å². The van der Waals surface area contributed by atoms with Crippen LogP contribution in [0.3, 0.4) is 0 Å². The fourth-order valence-electron chi connectivity index (χ4n) is 2.76. The Bertz CT molecular complexity index is 976. The van der Waals surface area contributed by atoms with Crippen LogP contribution in [-0.4, -0.2) is 42.4 Å². The Morgan fingerprint density at radius 3 is 2.31 bits per heavy atom. The van der Waals surface area contributed by atoms with E-state index >= 15 is 0 Å². The number of nitrogens with one attached hydrogen (secondary N) is 1. The van der Waals surface area contributed by atoms with Crippen molar-refractivity contribution in [3.05, 3.63) is 77.6 Å². The van der Waals surface area contributed by atoms with Gasteiger partial charge in [-0.2, -0.15) is 5.10 Å². The predicted octanol–water partition coefficient (Wildman–Crippen LogP) is 2.72. The van der Waals surface area contributed by atoms with Crippen molar-refractivity contribution in [2.24, 2.45) is 0 Å². The van der Waals surface area contributed by atoms with Crippen LogP contribution >= 0.6 is 0 Å². The molecular formula is C22H24N4O3. The van der Waals surface area contributed by atoms with Gasteiger partial charge in [-0.05, 0) is 55.0 Å². The number of hydrogen-bond acceptors (Lipinski definition) is 5. The van der Waals surface area contributed by atoms with Crippen LogP contribution in [0.4, 0.5) is 5.69 Å². The smallest absolute Gasteiger partial charge is 0.338 e. The molecule has 7 nitrogen and oxygen atoms in total. The molecule has 0 radical (unpaired) electrons. The van der Waals surface area contributed by atoms with Gasteiger partial charge in [-0.1, -0.05) is 12.1 Å². The summed E-state index contributed by atoms with van der Waals surface area (Å²) in [4.78, 5) is 26.1. The third-order valence-electron chi connectivity index (χ3n) is 4.46. The topological polar surface area (TPSA) is 76.5 Å². The highest BCUT2D eigenvalue weighted by Crippen LogP contribution is 2.13. The summed E-state index contributed by atoms with van der Waals surface area (Å²) < 4.78 is 6.87. The normalized spacial score (nSPS) is 10.4. The van der Waals surface area contributed by atoms with Gasteiger partial charge in [0.15, 0.2) is 6.61 Å². The quantitative estimate of drug-likeness (QED) is 0.626. The van der Waals surface area contributed by atoms with E-state index in [1.807, 2.05) is 56.3 Å². The monoisotopic (exact) mass is 392 g/mol. The molecular weight excluding hydrogens is 368 g/mol. The lowest BCUT2D eigenvalue weighted by molar-refractivity contribution is -0.124. The van der Waals surface area contributed by atoms with Crippen LogP contribution in [0.1, 0.15) is 21.6 Å². The molecule has 150 valence electrons. The molecule has 1 N–H and O–H groups in total. The van der Waals surface area contributed by atoms with E-state index in [9.17, 15) is 9.59 Å². The Hall–Kier alpha value is -3.61. The SMILES string of the molecule is Cc1ccnn1-c1ccc(C(=O)OCC(=O)NCc2ccc(N(C)C)cc2)cc1. The van der Waals surface area contributed by atoms with Gasteiger partial charge in [0.2, 0.25) is 0 Å². The number of hydrogen-bond donors (Lipinski definition) is 1. The number of carbonyl (C=O) groups excluding carboxylic acids is 2. The van der Waals surface area contributed by atoms with Crippen molar-refractivity contribution in [1.29, 1.82) is 0 Å². The lowest BCUT2D eigenvalue weighted by Gasteiger charge is -2.13. The molecule has 0 atom stereocenters. The number of rotatable bonds is 7. The molecule has 0 aliphatic heterocycles. The Balaban J connectivity index is 1.47. The summed E-state index contributed by atoms with van der Waals surface area (Å²) in [7, 11) is 3.94. The second-order valence-electron chi connectivity index (χ2n) is 6.85. The number of anilines is 1. The molecule has 3 rings (SSSR count). The van der Waals surface area contributed by atoms with Gasteiger partial charge in [0, 0.05) is 38.2 Å². The molecule has 0 aliphatic rings. The average Bonchev–Trinajstić information content (AvgIpc) is 3.16. The predicted molar refractivity (Wildman–Crippen MR) is 111 cm³/mol. The number of esters is 1. The second-order valence-corrected chi connectivity index (χ2v) is 6.85. The summed E-state index contributed by atoms with van der Waals surface area (Å²) >= 11 is 0. The van der Waals surface area contributed by atoms with Gasteiger partial charge in [-0.3, -0.25) is 4.79 Å². The molecule has 0 aliphatic carbocycles. The van der Waals surface area contributed by atoms with E-state index in [4.69, 9.17) is 4.74 Å². The molecule has 0 bridgehead atoms. The highest BCUT2D eigenvalue weighted by molar-refractivity contribution is 5.91. The first-order chi connectivity index (χ1) is 13.9. The number of aromatic nitrogens is 2. The van der Waals surface area contributed by atoms with E-state index < -0.39 is 5.97 Å². The zero-order valence-electron chi connectivity index (χ0n) is 16.8. The molecule has 1 aromatic heterocycles. The molecule has 1 heterocycles. The number of aryl methyl sites for hydroxylation is 1. The van der Waals surface area contributed by atoms with Crippen LogP contribution < -0.4 is 10.2 Å². The number of carbonyl (C=O) groups is 2. The number of amides is 1. The fraction of sp³-hybridized carbons (Fsp3) is 0.227. The van der Waals surface area contributed by atoms with Crippen molar-refractivity contribution in [2.75, 3.05) is 25.6 Å². The molecule has 0 saturated carbocycles. The third kappa shape index (κ3) is 5.22. The maximum Gasteiger partial charge on any atom is 0.338 e. The summed E-state index contributed by atoms with van der Waals surface area (Å²) in [6.45, 7) is 2.00. The molecule has 1 amide bonds. The van der Waals surface area contributed by atoms with Crippen LogP contribution in [0.25, 0.3) is 5.69 Å². The highest BCUT2D eigenvalue weighted by Gasteiger charge is 2.11. The van der Waals surface area contributed by atoms with Crippen molar-refractivity contribution in [1.82, 2.24) is 15.1 Å². The number of ether oxygens (including phenoxy) is 1. The van der Waals surface area contributed by atoms with Crippen molar-refractivity contribution in [2.45, 2.75) is 13.5 Å². The largest absolute Gasteiger partial charge is 0.452 e. The summed E-state index contributed by atoms with van der Waals surface area (Å²) in [5.41, 5.74) is 4.28. The molecule has 0 spiro atoms. The summed E-state index contributed by atoms with van der Waals surface area (Å²) in [5.74, 6) is -0.891. The minimum Gasteiger partial charge on any atom is -0.452 e. The van der Waals surface area contributed by atoms with E-state index in [0.717, 1.165) is 22.6 Å². The summed E-state index contributed by atoms with van der Waals surface area (Å²) in [5, 5.41) is 6.97. The van der Waals surface area contributed by atoms with E-state index in [0.29, 0.717) is 12.1 Å². The molecule has 3 aromatic rings. The molecule has 2 aromatic carbocycles. The van der Waals surface area contributed by atoms with Crippen LogP contribution in [-0.2, 0) is 16.1 Å². The molecule has 29 heavy (non-hydrogen) atoms. The Kier molecular flexibility index (Phi) is 6.29. The molecule has 7 heteroatoms. The maximum atomic E-state index is 12.2. The minimum atomic E-state index is -0.542. The van der Waals surface area contributed by atoms with Crippen molar-refractivity contribution in [3.63, 3.8) is 0 Å². The van der Waals surface area contributed by atoms with Crippen LogP contribution in [0.5, 0.6) is 0 Å². The zero-order valence-corrected chi connectivity index (χ0v) is 16.8. The second kappa shape index (κ2) is 9.05. The van der Waals surface area contributed by atoms with E-state index in [1.54, 1.807) is 35.1 Å². The Morgan fingerprint density at radius 1 is 1.03 bits per heavy atom. The van der Waals surface area contributed by atoms with Crippen LogP contribution in [0.2, 0.25) is 0 Å². The van der Waals surface area contributed by atoms with Crippen molar-refractivity contribution in [3.8, 4) is 5.69 Å². The van der Waals surface area contributed by atoms with Crippen molar-refractivity contribution >= 4 is 17.6 Å². The van der Waals surface area contributed by atoms with Gasteiger partial charge >= 0.3 is 5.97 Å². The van der Waals surface area contributed by atoms with Crippen molar-refractivity contribution < 1.29 is 14.3 Å². The maximum absolute atomic E-state index is 12.2. The van der Waals surface area contributed by atoms with Gasteiger partial charge in [0.25, 0.3) is 5.91 Å². The summed E-state index contributed by atoms with van der Waals surface area (Å²) in [6.07, 6.45) is 1.72. The van der Waals surface area contributed by atoms with Gasteiger partial charge in [0.1, 0.15) is 0 Å². The van der Waals surface area contributed by atoms with Gasteiger partial charge in [0.05, 0.1) is 11.3 Å². The molecule has 0 saturated heterocycles. The highest BCUT2D eigenvalue weighted by atomic mass is 16.5. The lowest BCUT2D eigenvalue weighted by Crippen LogP contribution is -2.28. The first-order valence-electron chi connectivity index (χ1n) is 9.25. The van der Waals surface area contributed by atoms with E-state index in [1.165, 1.54) is 0 Å². The van der Waals surface area contributed by atoms with Crippen LogP contribution in [0, 0.1) is 6.92 Å². The summed E-state index contributed by atoms with van der Waals surface area (Å²) in [6, 6.07) is 16.6. The minimum absolute atomic E-state index is 0.325. The lowest BCUT2D eigenvalue weighted by atomic mass is 10.2. The first-order valence-corrected chi connectivity index (χ1v) is 9.25. The standard InChI is InChI=1S/C22H24N4O3/c1-16-12-13-24-26(16)20-10-6-18(7-11-20)22(28)29-15-21(27)23-14-17-4-8-19(9-5-17)25(2)3/h4-13H,14-15H2,1-3H3,(H,23,27). The molecule has 0 unspecified atom stereocenters. The number of benzene rings is 2. The Labute approximate surface area is 169 Å². The third-order valence-corrected chi connectivity index (χ3v) is 4.46.